The van der Waals surface area contributed by atoms with Crippen LogP contribution in [-0.4, -0.2) is 17.0 Å². The van der Waals surface area contributed by atoms with E-state index in [2.05, 4.69) is 5.32 Å². The zero-order valence-corrected chi connectivity index (χ0v) is 10.2. The summed E-state index contributed by atoms with van der Waals surface area (Å²) in [5.41, 5.74) is 0.814. The van der Waals surface area contributed by atoms with Crippen LogP contribution in [0.5, 0.6) is 0 Å². The molecule has 0 bridgehead atoms. The smallest absolute Gasteiger partial charge is 0.303 e. The van der Waals surface area contributed by atoms with Crippen LogP contribution in [0, 0.1) is 0 Å². The lowest BCUT2D eigenvalue weighted by atomic mass is 10.0. The quantitative estimate of drug-likeness (QED) is 0.849. The maximum atomic E-state index is 11.1. The Hall–Kier alpha value is -1.55. The van der Waals surface area contributed by atoms with Gasteiger partial charge in [0, 0.05) is 18.4 Å². The van der Waals surface area contributed by atoms with Crippen molar-refractivity contribution >= 4 is 23.5 Å². The first kappa shape index (κ1) is 13.5. The maximum absolute atomic E-state index is 11.1. The Kier molecular flexibility index (Phi) is 4.97. The van der Waals surface area contributed by atoms with Gasteiger partial charge in [-0.25, -0.2) is 0 Å². The van der Waals surface area contributed by atoms with E-state index in [4.69, 9.17) is 16.7 Å². The molecule has 0 saturated heterocycles. The molecule has 0 aliphatic heterocycles. The van der Waals surface area contributed by atoms with Crippen molar-refractivity contribution in [3.05, 3.63) is 34.9 Å². The number of nitrogens with one attached hydrogen (secondary N) is 1. The summed E-state index contributed by atoms with van der Waals surface area (Å²) in [4.78, 5) is 21.6. The number of carbonyl (C=O) groups is 2. The second-order valence-corrected chi connectivity index (χ2v) is 4.18. The lowest BCUT2D eigenvalue weighted by molar-refractivity contribution is -0.137. The van der Waals surface area contributed by atoms with Crippen LogP contribution in [0.4, 0.5) is 0 Å². The SMILES string of the molecule is CC(=O)NC(CCC(=O)O)c1cccc(Cl)c1. The first-order valence-electron chi connectivity index (χ1n) is 5.23. The molecule has 17 heavy (non-hydrogen) atoms. The summed E-state index contributed by atoms with van der Waals surface area (Å²) in [6, 6.07) is 6.72. The van der Waals surface area contributed by atoms with Crippen molar-refractivity contribution < 1.29 is 14.7 Å². The summed E-state index contributed by atoms with van der Waals surface area (Å²) < 4.78 is 0. The van der Waals surface area contributed by atoms with Gasteiger partial charge in [-0.15, -0.1) is 0 Å². The minimum Gasteiger partial charge on any atom is -0.481 e. The summed E-state index contributed by atoms with van der Waals surface area (Å²) in [5, 5.41) is 11.9. The van der Waals surface area contributed by atoms with Crippen molar-refractivity contribution in [2.45, 2.75) is 25.8 Å². The summed E-state index contributed by atoms with van der Waals surface area (Å²) in [6.45, 7) is 1.40. The number of carboxylic acids is 1. The third-order valence-electron chi connectivity index (χ3n) is 2.28. The van der Waals surface area contributed by atoms with Crippen LogP contribution in [0.2, 0.25) is 5.02 Å². The minimum absolute atomic E-state index is 0.00252. The van der Waals surface area contributed by atoms with E-state index in [9.17, 15) is 9.59 Å². The second-order valence-electron chi connectivity index (χ2n) is 3.74. The van der Waals surface area contributed by atoms with E-state index in [1.807, 2.05) is 6.07 Å². The molecule has 0 aromatic heterocycles. The number of carbonyl (C=O) groups excluding carboxylic acids is 1. The number of hydrogen-bond acceptors (Lipinski definition) is 2. The van der Waals surface area contributed by atoms with E-state index in [1.54, 1.807) is 18.2 Å². The minimum atomic E-state index is -0.887. The van der Waals surface area contributed by atoms with Crippen LogP contribution in [0.25, 0.3) is 0 Å². The fourth-order valence-corrected chi connectivity index (χ4v) is 1.76. The van der Waals surface area contributed by atoms with Crippen LogP contribution in [0.3, 0.4) is 0 Å². The Labute approximate surface area is 105 Å². The Morgan fingerprint density at radius 2 is 2.18 bits per heavy atom. The van der Waals surface area contributed by atoms with Crippen molar-refractivity contribution in [1.82, 2.24) is 5.32 Å². The molecule has 1 unspecified atom stereocenters. The maximum Gasteiger partial charge on any atom is 0.303 e. The van der Waals surface area contributed by atoms with Gasteiger partial charge in [-0.05, 0) is 24.1 Å². The number of hydrogen-bond donors (Lipinski definition) is 2. The lowest BCUT2D eigenvalue weighted by Crippen LogP contribution is -2.26. The van der Waals surface area contributed by atoms with Gasteiger partial charge in [-0.2, -0.15) is 0 Å². The molecule has 0 saturated carbocycles. The molecular weight excluding hydrogens is 242 g/mol. The van der Waals surface area contributed by atoms with Gasteiger partial charge < -0.3 is 10.4 Å². The molecule has 0 aliphatic rings. The van der Waals surface area contributed by atoms with Gasteiger partial charge in [0.15, 0.2) is 0 Å². The Balaban J connectivity index is 2.81. The molecule has 0 radical (unpaired) electrons. The molecule has 2 N–H and O–H groups in total. The Bertz CT molecular complexity index is 420. The summed E-state index contributed by atoms with van der Waals surface area (Å²) >= 11 is 5.86. The Morgan fingerprint density at radius 3 is 2.71 bits per heavy atom. The lowest BCUT2D eigenvalue weighted by Gasteiger charge is -2.17. The molecule has 92 valence electrons. The van der Waals surface area contributed by atoms with Gasteiger partial charge in [-0.1, -0.05) is 23.7 Å². The van der Waals surface area contributed by atoms with E-state index in [0.717, 1.165) is 5.56 Å². The molecule has 1 aromatic rings. The summed E-state index contributed by atoms with van der Waals surface area (Å²) in [7, 11) is 0. The van der Waals surface area contributed by atoms with Crippen LogP contribution in [-0.2, 0) is 9.59 Å². The highest BCUT2D eigenvalue weighted by Crippen LogP contribution is 2.21. The predicted molar refractivity (Wildman–Crippen MR) is 64.9 cm³/mol. The van der Waals surface area contributed by atoms with E-state index < -0.39 is 5.97 Å². The zero-order chi connectivity index (χ0) is 12.8. The van der Waals surface area contributed by atoms with Crippen molar-refractivity contribution in [2.24, 2.45) is 0 Å². The van der Waals surface area contributed by atoms with Crippen LogP contribution >= 0.6 is 11.6 Å². The van der Waals surface area contributed by atoms with E-state index in [0.29, 0.717) is 11.4 Å². The predicted octanol–water partition coefficient (Wildman–Crippen LogP) is 2.38. The normalized spacial score (nSPS) is 11.9. The molecule has 0 heterocycles. The third kappa shape index (κ3) is 4.87. The van der Waals surface area contributed by atoms with E-state index in [-0.39, 0.29) is 18.4 Å². The molecule has 1 atom stereocenters. The average molecular weight is 256 g/mol. The highest BCUT2D eigenvalue weighted by Gasteiger charge is 2.14. The molecule has 4 nitrogen and oxygen atoms in total. The molecule has 0 spiro atoms. The third-order valence-corrected chi connectivity index (χ3v) is 2.51. The van der Waals surface area contributed by atoms with Crippen molar-refractivity contribution in [3.63, 3.8) is 0 Å². The highest BCUT2D eigenvalue weighted by molar-refractivity contribution is 6.30. The molecule has 1 aromatic carbocycles. The number of carboxylic acid groups (broad SMARTS) is 1. The Morgan fingerprint density at radius 1 is 1.47 bits per heavy atom. The van der Waals surface area contributed by atoms with E-state index >= 15 is 0 Å². The van der Waals surface area contributed by atoms with Crippen LogP contribution in [0.15, 0.2) is 24.3 Å². The second kappa shape index (κ2) is 6.25. The topological polar surface area (TPSA) is 66.4 Å². The van der Waals surface area contributed by atoms with Crippen molar-refractivity contribution in [2.75, 3.05) is 0 Å². The van der Waals surface area contributed by atoms with Crippen LogP contribution in [0.1, 0.15) is 31.4 Å². The molecule has 1 amide bonds. The molecule has 0 aliphatic carbocycles. The van der Waals surface area contributed by atoms with Gasteiger partial charge in [0.05, 0.1) is 6.04 Å². The largest absolute Gasteiger partial charge is 0.481 e. The fraction of sp³-hybridized carbons (Fsp3) is 0.333. The molecule has 1 rings (SSSR count). The summed E-state index contributed by atoms with van der Waals surface area (Å²) in [6.07, 6.45) is 0.340. The number of amides is 1. The summed E-state index contributed by atoms with van der Waals surface area (Å²) in [5.74, 6) is -1.08. The van der Waals surface area contributed by atoms with Gasteiger partial charge >= 0.3 is 5.97 Å². The first-order chi connectivity index (χ1) is 7.99. The zero-order valence-electron chi connectivity index (χ0n) is 9.44. The van der Waals surface area contributed by atoms with Gasteiger partial charge in [0.25, 0.3) is 0 Å². The van der Waals surface area contributed by atoms with E-state index in [1.165, 1.54) is 6.92 Å². The molecular formula is C12H14ClNO3. The van der Waals surface area contributed by atoms with Gasteiger partial charge in [0.1, 0.15) is 0 Å². The number of benzene rings is 1. The van der Waals surface area contributed by atoms with Gasteiger partial charge in [0.2, 0.25) is 5.91 Å². The molecule has 0 fully saturated rings. The first-order valence-corrected chi connectivity index (χ1v) is 5.61. The fourth-order valence-electron chi connectivity index (χ4n) is 1.56. The standard InChI is InChI=1S/C12H14ClNO3/c1-8(15)14-11(5-6-12(16)17)9-3-2-4-10(13)7-9/h2-4,7,11H,5-6H2,1H3,(H,14,15)(H,16,17). The molecule has 5 heteroatoms. The van der Waals surface area contributed by atoms with Crippen LogP contribution < -0.4 is 5.32 Å². The number of rotatable bonds is 5. The van der Waals surface area contributed by atoms with Crippen molar-refractivity contribution in [3.8, 4) is 0 Å². The highest BCUT2D eigenvalue weighted by atomic mass is 35.5. The average Bonchev–Trinajstić information content (AvgIpc) is 2.23. The number of aliphatic carboxylic acids is 1. The monoisotopic (exact) mass is 255 g/mol. The number of halogens is 1. The van der Waals surface area contributed by atoms with Gasteiger partial charge in [-0.3, -0.25) is 9.59 Å². The van der Waals surface area contributed by atoms with Crippen molar-refractivity contribution in [1.29, 1.82) is 0 Å².